The van der Waals surface area contributed by atoms with E-state index in [2.05, 4.69) is 0 Å². The van der Waals surface area contributed by atoms with E-state index in [0.29, 0.717) is 17.9 Å². The van der Waals surface area contributed by atoms with Crippen LogP contribution in [-0.4, -0.2) is 16.7 Å². The Balaban J connectivity index is 2.83. The molecular formula is C12H17NO3. The van der Waals surface area contributed by atoms with E-state index in [9.17, 15) is 4.79 Å². The topological polar surface area (TPSA) is 72.5 Å². The van der Waals surface area contributed by atoms with Crippen LogP contribution in [0.25, 0.3) is 0 Å². The quantitative estimate of drug-likeness (QED) is 0.751. The zero-order chi connectivity index (χ0) is 12.2. The summed E-state index contributed by atoms with van der Waals surface area (Å²) in [4.78, 5) is 11.1. The number of carbonyl (C=O) groups is 1. The fourth-order valence-electron chi connectivity index (χ4n) is 1.47. The second-order valence-corrected chi connectivity index (χ2v) is 3.96. The van der Waals surface area contributed by atoms with Gasteiger partial charge in [0.25, 0.3) is 0 Å². The van der Waals surface area contributed by atoms with Crippen LogP contribution < -0.4 is 10.5 Å². The van der Waals surface area contributed by atoms with Crippen LogP contribution in [0.3, 0.4) is 0 Å². The predicted molar refractivity (Wildman–Crippen MR) is 62.4 cm³/mol. The third kappa shape index (κ3) is 2.89. The summed E-state index contributed by atoms with van der Waals surface area (Å²) in [5.41, 5.74) is 4.99. The molecule has 0 radical (unpaired) electrons. The van der Waals surface area contributed by atoms with Gasteiger partial charge in [-0.05, 0) is 37.6 Å². The van der Waals surface area contributed by atoms with Crippen LogP contribution in [0.1, 0.15) is 26.7 Å². The molecule has 0 heterocycles. The summed E-state index contributed by atoms with van der Waals surface area (Å²) in [6, 6.07) is 6.71. The SMILES string of the molecule is CCCC(C)(Oc1ccc(N)cc1)C(=O)O. The van der Waals surface area contributed by atoms with Crippen molar-refractivity contribution < 1.29 is 14.6 Å². The van der Waals surface area contributed by atoms with Crippen LogP contribution in [0.4, 0.5) is 5.69 Å². The van der Waals surface area contributed by atoms with E-state index >= 15 is 0 Å². The molecule has 4 heteroatoms. The van der Waals surface area contributed by atoms with Gasteiger partial charge < -0.3 is 15.6 Å². The number of anilines is 1. The zero-order valence-electron chi connectivity index (χ0n) is 9.56. The monoisotopic (exact) mass is 223 g/mol. The van der Waals surface area contributed by atoms with Crippen molar-refractivity contribution in [3.8, 4) is 5.75 Å². The van der Waals surface area contributed by atoms with Crippen molar-refractivity contribution in [3.63, 3.8) is 0 Å². The lowest BCUT2D eigenvalue weighted by atomic mass is 10.0. The first-order valence-electron chi connectivity index (χ1n) is 5.26. The highest BCUT2D eigenvalue weighted by Gasteiger charge is 2.34. The molecule has 1 unspecified atom stereocenters. The van der Waals surface area contributed by atoms with Crippen molar-refractivity contribution in [2.75, 3.05) is 5.73 Å². The summed E-state index contributed by atoms with van der Waals surface area (Å²) in [7, 11) is 0. The second kappa shape index (κ2) is 4.88. The van der Waals surface area contributed by atoms with Gasteiger partial charge in [-0.15, -0.1) is 0 Å². The van der Waals surface area contributed by atoms with Crippen molar-refractivity contribution in [3.05, 3.63) is 24.3 Å². The van der Waals surface area contributed by atoms with Crippen LogP contribution in [0.15, 0.2) is 24.3 Å². The van der Waals surface area contributed by atoms with E-state index < -0.39 is 11.6 Å². The molecule has 1 aromatic carbocycles. The highest BCUT2D eigenvalue weighted by atomic mass is 16.5. The smallest absolute Gasteiger partial charge is 0.347 e. The molecule has 1 aromatic rings. The predicted octanol–water partition coefficient (Wildman–Crippen LogP) is 2.29. The Labute approximate surface area is 95.0 Å². The molecule has 0 amide bonds. The van der Waals surface area contributed by atoms with E-state index in [0.717, 1.165) is 6.42 Å². The first-order valence-corrected chi connectivity index (χ1v) is 5.26. The molecule has 4 nitrogen and oxygen atoms in total. The van der Waals surface area contributed by atoms with E-state index in [-0.39, 0.29) is 0 Å². The van der Waals surface area contributed by atoms with Crippen LogP contribution in [-0.2, 0) is 4.79 Å². The maximum atomic E-state index is 11.1. The Morgan fingerprint density at radius 1 is 1.44 bits per heavy atom. The summed E-state index contributed by atoms with van der Waals surface area (Å²) >= 11 is 0. The molecule has 16 heavy (non-hydrogen) atoms. The van der Waals surface area contributed by atoms with Crippen molar-refractivity contribution in [1.82, 2.24) is 0 Å². The number of nitrogens with two attached hydrogens (primary N) is 1. The first kappa shape index (κ1) is 12.4. The minimum absolute atomic E-state index is 0.465. The second-order valence-electron chi connectivity index (χ2n) is 3.96. The summed E-state index contributed by atoms with van der Waals surface area (Å²) in [6.07, 6.45) is 1.21. The molecule has 1 rings (SSSR count). The maximum absolute atomic E-state index is 11.1. The Morgan fingerprint density at radius 2 is 2.00 bits per heavy atom. The lowest BCUT2D eigenvalue weighted by Crippen LogP contribution is -2.41. The molecule has 0 bridgehead atoms. The van der Waals surface area contributed by atoms with Gasteiger partial charge in [-0.2, -0.15) is 0 Å². The van der Waals surface area contributed by atoms with Crippen molar-refractivity contribution in [2.24, 2.45) is 0 Å². The van der Waals surface area contributed by atoms with E-state index in [4.69, 9.17) is 15.6 Å². The van der Waals surface area contributed by atoms with Crippen LogP contribution in [0.2, 0.25) is 0 Å². The molecular weight excluding hydrogens is 206 g/mol. The van der Waals surface area contributed by atoms with Gasteiger partial charge >= 0.3 is 5.97 Å². The number of carboxylic acid groups (broad SMARTS) is 1. The Morgan fingerprint density at radius 3 is 2.44 bits per heavy atom. The number of hydrogen-bond acceptors (Lipinski definition) is 3. The van der Waals surface area contributed by atoms with Crippen LogP contribution >= 0.6 is 0 Å². The van der Waals surface area contributed by atoms with Crippen molar-refractivity contribution >= 4 is 11.7 Å². The summed E-state index contributed by atoms with van der Waals surface area (Å²) in [6.45, 7) is 3.50. The van der Waals surface area contributed by atoms with E-state index in [1.165, 1.54) is 0 Å². The van der Waals surface area contributed by atoms with Gasteiger partial charge in [0.15, 0.2) is 0 Å². The van der Waals surface area contributed by atoms with Gasteiger partial charge in [-0.1, -0.05) is 13.3 Å². The number of ether oxygens (including phenoxy) is 1. The van der Waals surface area contributed by atoms with Gasteiger partial charge in [0, 0.05) is 5.69 Å². The summed E-state index contributed by atoms with van der Waals surface area (Å²) in [5.74, 6) is -0.432. The molecule has 0 aliphatic rings. The van der Waals surface area contributed by atoms with Gasteiger partial charge in [0.05, 0.1) is 0 Å². The summed E-state index contributed by atoms with van der Waals surface area (Å²) in [5, 5.41) is 9.13. The molecule has 0 spiro atoms. The van der Waals surface area contributed by atoms with E-state index in [1.807, 2.05) is 6.92 Å². The molecule has 0 aliphatic heterocycles. The van der Waals surface area contributed by atoms with Crippen molar-refractivity contribution in [2.45, 2.75) is 32.3 Å². The number of nitrogen functional groups attached to an aromatic ring is 1. The molecule has 1 atom stereocenters. The highest BCUT2D eigenvalue weighted by Crippen LogP contribution is 2.23. The number of rotatable bonds is 5. The minimum atomic E-state index is -1.18. The van der Waals surface area contributed by atoms with Gasteiger partial charge in [0.1, 0.15) is 5.75 Å². The lowest BCUT2D eigenvalue weighted by Gasteiger charge is -2.25. The van der Waals surface area contributed by atoms with Crippen LogP contribution in [0, 0.1) is 0 Å². The van der Waals surface area contributed by atoms with E-state index in [1.54, 1.807) is 31.2 Å². The Bertz CT molecular complexity index is 361. The molecule has 0 saturated heterocycles. The third-order valence-corrected chi connectivity index (χ3v) is 2.40. The average molecular weight is 223 g/mol. The zero-order valence-corrected chi connectivity index (χ0v) is 9.56. The Kier molecular flexibility index (Phi) is 3.77. The largest absolute Gasteiger partial charge is 0.478 e. The van der Waals surface area contributed by atoms with Gasteiger partial charge in [-0.3, -0.25) is 0 Å². The standard InChI is InChI=1S/C12H17NO3/c1-3-8-12(2,11(14)15)16-10-6-4-9(13)5-7-10/h4-7H,3,8,13H2,1-2H3,(H,14,15). The number of benzene rings is 1. The van der Waals surface area contributed by atoms with Gasteiger partial charge in [0.2, 0.25) is 5.60 Å². The minimum Gasteiger partial charge on any atom is -0.478 e. The fraction of sp³-hybridized carbons (Fsp3) is 0.417. The molecule has 0 fully saturated rings. The molecule has 88 valence electrons. The molecule has 0 aromatic heterocycles. The molecule has 3 N–H and O–H groups in total. The van der Waals surface area contributed by atoms with Crippen LogP contribution in [0.5, 0.6) is 5.75 Å². The first-order chi connectivity index (χ1) is 7.48. The maximum Gasteiger partial charge on any atom is 0.347 e. The fourth-order valence-corrected chi connectivity index (χ4v) is 1.47. The normalized spacial score (nSPS) is 14.1. The lowest BCUT2D eigenvalue weighted by molar-refractivity contribution is -0.154. The highest BCUT2D eigenvalue weighted by molar-refractivity contribution is 5.77. The third-order valence-electron chi connectivity index (χ3n) is 2.40. The van der Waals surface area contributed by atoms with Crippen molar-refractivity contribution in [1.29, 1.82) is 0 Å². The molecule has 0 aliphatic carbocycles. The average Bonchev–Trinajstić information content (AvgIpc) is 2.22. The summed E-state index contributed by atoms with van der Waals surface area (Å²) < 4.78 is 5.50. The number of hydrogen-bond donors (Lipinski definition) is 2. The van der Waals surface area contributed by atoms with Gasteiger partial charge in [-0.25, -0.2) is 4.79 Å². The number of carboxylic acids is 1. The number of aliphatic carboxylic acids is 1. The Hall–Kier alpha value is -1.71. The molecule has 0 saturated carbocycles.